The van der Waals surface area contributed by atoms with Crippen LogP contribution >= 0.6 is 15.9 Å². The van der Waals surface area contributed by atoms with Gasteiger partial charge in [0.1, 0.15) is 17.3 Å². The number of methoxy groups -OCH3 is 2. The zero-order valence-electron chi connectivity index (χ0n) is 13.6. The van der Waals surface area contributed by atoms with Gasteiger partial charge in [-0.15, -0.1) is 0 Å². The molecule has 0 radical (unpaired) electrons. The third kappa shape index (κ3) is 4.84. The third-order valence-electron chi connectivity index (χ3n) is 3.28. The number of nitrogens with one attached hydrogen (secondary N) is 1. The number of benzene rings is 2. The van der Waals surface area contributed by atoms with Gasteiger partial charge in [-0.25, -0.2) is 0 Å². The van der Waals surface area contributed by atoms with E-state index in [9.17, 15) is 14.7 Å². The maximum absolute atomic E-state index is 12.0. The van der Waals surface area contributed by atoms with E-state index in [4.69, 9.17) is 9.47 Å². The van der Waals surface area contributed by atoms with Gasteiger partial charge >= 0.3 is 0 Å². The number of ketones is 1. The van der Waals surface area contributed by atoms with Crippen molar-refractivity contribution in [2.75, 3.05) is 19.5 Å². The molecule has 0 aliphatic rings. The molecule has 7 heteroatoms. The first-order valence-electron chi connectivity index (χ1n) is 7.18. The van der Waals surface area contributed by atoms with Crippen LogP contribution in [-0.2, 0) is 9.59 Å². The third-order valence-corrected chi connectivity index (χ3v) is 3.80. The topological polar surface area (TPSA) is 84.9 Å². The monoisotopic (exact) mass is 405 g/mol. The van der Waals surface area contributed by atoms with Gasteiger partial charge in [0.25, 0.3) is 5.91 Å². The van der Waals surface area contributed by atoms with Gasteiger partial charge < -0.3 is 19.9 Å². The van der Waals surface area contributed by atoms with Crippen molar-refractivity contribution in [3.05, 3.63) is 58.6 Å². The van der Waals surface area contributed by atoms with E-state index in [-0.39, 0.29) is 5.56 Å². The predicted molar refractivity (Wildman–Crippen MR) is 97.9 cm³/mol. The number of halogens is 1. The number of aliphatic hydroxyl groups excluding tert-OH is 1. The van der Waals surface area contributed by atoms with Gasteiger partial charge in [0.05, 0.1) is 19.8 Å². The highest BCUT2D eigenvalue weighted by Crippen LogP contribution is 2.28. The molecular formula is C18H16BrNO5. The maximum Gasteiger partial charge on any atom is 0.296 e. The van der Waals surface area contributed by atoms with Crippen molar-refractivity contribution in [2.24, 2.45) is 0 Å². The van der Waals surface area contributed by atoms with Crippen molar-refractivity contribution in [2.45, 2.75) is 0 Å². The van der Waals surface area contributed by atoms with Crippen molar-refractivity contribution in [3.63, 3.8) is 0 Å². The van der Waals surface area contributed by atoms with Gasteiger partial charge in [-0.2, -0.15) is 0 Å². The lowest BCUT2D eigenvalue weighted by Gasteiger charge is -2.09. The molecule has 0 fully saturated rings. The fraction of sp³-hybridized carbons (Fsp3) is 0.111. The summed E-state index contributed by atoms with van der Waals surface area (Å²) in [5.74, 6) is -1.34. The van der Waals surface area contributed by atoms with Crippen LogP contribution in [0.15, 0.2) is 53.0 Å². The van der Waals surface area contributed by atoms with E-state index in [1.54, 1.807) is 36.4 Å². The lowest BCUT2D eigenvalue weighted by molar-refractivity contribution is -0.131. The van der Waals surface area contributed by atoms with Crippen molar-refractivity contribution in [1.29, 1.82) is 0 Å². The number of amides is 1. The summed E-state index contributed by atoms with van der Waals surface area (Å²) < 4.78 is 11.1. The van der Waals surface area contributed by atoms with Crippen molar-refractivity contribution in [3.8, 4) is 11.5 Å². The number of carbonyl (C=O) groups is 2. The standard InChI is InChI=1S/C18H16BrNO5/c1-24-13-7-8-17(25-2)14(9-13)15(21)10-16(22)18(23)20-12-5-3-11(19)4-6-12/h3-10,21H,1-2H3,(H,20,23)/b15-10+. The number of carbonyl (C=O) groups excluding carboxylic acids is 2. The molecule has 25 heavy (non-hydrogen) atoms. The molecule has 0 bridgehead atoms. The molecule has 2 aromatic rings. The van der Waals surface area contributed by atoms with Crippen LogP contribution in [0.25, 0.3) is 5.76 Å². The Morgan fingerprint density at radius 3 is 2.36 bits per heavy atom. The SMILES string of the molecule is COc1ccc(OC)c(/C(O)=C\C(=O)C(=O)Nc2ccc(Br)cc2)c1. The van der Waals surface area contributed by atoms with E-state index in [0.29, 0.717) is 17.2 Å². The summed E-state index contributed by atoms with van der Waals surface area (Å²) in [4.78, 5) is 24.0. The summed E-state index contributed by atoms with van der Waals surface area (Å²) in [5.41, 5.74) is 0.708. The molecule has 0 saturated carbocycles. The molecule has 0 atom stereocenters. The van der Waals surface area contributed by atoms with E-state index in [2.05, 4.69) is 21.2 Å². The highest BCUT2D eigenvalue weighted by Gasteiger charge is 2.16. The normalized spacial score (nSPS) is 10.9. The van der Waals surface area contributed by atoms with Crippen LogP contribution in [0.4, 0.5) is 5.69 Å². The first-order valence-corrected chi connectivity index (χ1v) is 7.98. The van der Waals surface area contributed by atoms with E-state index in [1.807, 2.05) is 0 Å². The number of hydrogen-bond donors (Lipinski definition) is 2. The van der Waals surface area contributed by atoms with Crippen LogP contribution in [0, 0.1) is 0 Å². The second-order valence-corrected chi connectivity index (χ2v) is 5.84. The Balaban J connectivity index is 2.19. The van der Waals surface area contributed by atoms with Crippen LogP contribution in [0.5, 0.6) is 11.5 Å². The number of anilines is 1. The Bertz CT molecular complexity index is 815. The summed E-state index contributed by atoms with van der Waals surface area (Å²) in [6.45, 7) is 0. The second kappa shape index (κ2) is 8.34. The molecule has 0 aromatic heterocycles. The van der Waals surface area contributed by atoms with Crippen LogP contribution in [0.1, 0.15) is 5.56 Å². The minimum atomic E-state index is -0.898. The van der Waals surface area contributed by atoms with E-state index >= 15 is 0 Å². The fourth-order valence-electron chi connectivity index (χ4n) is 2.01. The highest BCUT2D eigenvalue weighted by molar-refractivity contribution is 9.10. The molecular weight excluding hydrogens is 390 g/mol. The Morgan fingerprint density at radius 2 is 1.76 bits per heavy atom. The zero-order chi connectivity index (χ0) is 18.4. The minimum absolute atomic E-state index is 0.242. The smallest absolute Gasteiger partial charge is 0.296 e. The van der Waals surface area contributed by atoms with Crippen LogP contribution in [0.2, 0.25) is 0 Å². The Hall–Kier alpha value is -2.80. The Morgan fingerprint density at radius 1 is 1.08 bits per heavy atom. The molecule has 2 aromatic carbocycles. The van der Waals surface area contributed by atoms with Crippen LogP contribution in [-0.4, -0.2) is 31.0 Å². The summed E-state index contributed by atoms with van der Waals surface area (Å²) >= 11 is 3.28. The van der Waals surface area contributed by atoms with Crippen molar-refractivity contribution < 1.29 is 24.2 Å². The lowest BCUT2D eigenvalue weighted by Crippen LogP contribution is -2.21. The summed E-state index contributed by atoms with van der Waals surface area (Å²) in [5, 5.41) is 12.6. The van der Waals surface area contributed by atoms with Gasteiger partial charge in [0, 0.05) is 16.2 Å². The first kappa shape index (κ1) is 18.5. The maximum atomic E-state index is 12.0. The lowest BCUT2D eigenvalue weighted by atomic mass is 10.1. The molecule has 0 heterocycles. The number of hydrogen-bond acceptors (Lipinski definition) is 5. The minimum Gasteiger partial charge on any atom is -0.507 e. The van der Waals surface area contributed by atoms with Crippen molar-refractivity contribution in [1.82, 2.24) is 0 Å². The van der Waals surface area contributed by atoms with E-state index in [1.165, 1.54) is 20.3 Å². The second-order valence-electron chi connectivity index (χ2n) is 4.92. The first-order chi connectivity index (χ1) is 11.9. The van der Waals surface area contributed by atoms with Crippen molar-refractivity contribution >= 4 is 39.1 Å². The van der Waals surface area contributed by atoms with Gasteiger partial charge in [0.15, 0.2) is 0 Å². The summed E-state index contributed by atoms with van der Waals surface area (Å²) in [7, 11) is 2.91. The average Bonchev–Trinajstić information content (AvgIpc) is 2.62. The van der Waals surface area contributed by atoms with Gasteiger partial charge in [-0.1, -0.05) is 15.9 Å². The highest BCUT2D eigenvalue weighted by atomic mass is 79.9. The molecule has 0 aliphatic heterocycles. The quantitative estimate of drug-likeness (QED) is 0.435. The molecule has 0 spiro atoms. The molecule has 0 saturated heterocycles. The molecule has 6 nitrogen and oxygen atoms in total. The van der Waals surface area contributed by atoms with Gasteiger partial charge in [0.2, 0.25) is 5.78 Å². The molecule has 0 aliphatic carbocycles. The van der Waals surface area contributed by atoms with Gasteiger partial charge in [-0.3, -0.25) is 9.59 Å². The Labute approximate surface area is 153 Å². The number of rotatable bonds is 6. The number of ether oxygens (including phenoxy) is 2. The van der Waals surface area contributed by atoms with Crippen LogP contribution < -0.4 is 14.8 Å². The van der Waals surface area contributed by atoms with E-state index < -0.39 is 17.4 Å². The average molecular weight is 406 g/mol. The Kier molecular flexibility index (Phi) is 6.19. The van der Waals surface area contributed by atoms with Crippen LogP contribution in [0.3, 0.4) is 0 Å². The molecule has 2 rings (SSSR count). The molecule has 2 N–H and O–H groups in total. The fourth-order valence-corrected chi connectivity index (χ4v) is 2.27. The molecule has 130 valence electrons. The zero-order valence-corrected chi connectivity index (χ0v) is 15.2. The molecule has 1 amide bonds. The van der Waals surface area contributed by atoms with Gasteiger partial charge in [-0.05, 0) is 42.5 Å². The summed E-state index contributed by atoms with van der Waals surface area (Å²) in [6, 6.07) is 11.5. The summed E-state index contributed by atoms with van der Waals surface area (Å²) in [6.07, 6.45) is 0.839. The number of aliphatic hydroxyl groups is 1. The molecule has 0 unspecified atom stereocenters. The van der Waals surface area contributed by atoms with E-state index in [0.717, 1.165) is 10.5 Å². The predicted octanol–water partition coefficient (Wildman–Crippen LogP) is 3.57. The largest absolute Gasteiger partial charge is 0.507 e.